The van der Waals surface area contributed by atoms with Crippen LogP contribution in [-0.2, 0) is 0 Å². The van der Waals surface area contributed by atoms with E-state index in [0.717, 1.165) is 10.0 Å². The molecule has 4 nitrogen and oxygen atoms in total. The zero-order valence-corrected chi connectivity index (χ0v) is 12.5. The Balaban J connectivity index is 2.24. The molecule has 6 heteroatoms. The second-order valence-electron chi connectivity index (χ2n) is 4.12. The molecule has 0 aliphatic rings. The van der Waals surface area contributed by atoms with E-state index in [9.17, 15) is 9.18 Å². The molecule has 0 saturated carbocycles. The van der Waals surface area contributed by atoms with Crippen LogP contribution < -0.4 is 10.1 Å². The molecule has 0 aliphatic carbocycles. The molecule has 0 aliphatic heterocycles. The summed E-state index contributed by atoms with van der Waals surface area (Å²) in [6, 6.07) is 5.77. The van der Waals surface area contributed by atoms with Crippen LogP contribution >= 0.6 is 15.9 Å². The minimum absolute atomic E-state index is 0.0261. The SMILES string of the molecule is COc1cc(C(=O)Nc2ncc(Br)cc2C)ccc1F. The number of rotatable bonds is 3. The summed E-state index contributed by atoms with van der Waals surface area (Å²) in [6.45, 7) is 1.83. The van der Waals surface area contributed by atoms with E-state index < -0.39 is 5.82 Å². The van der Waals surface area contributed by atoms with Crippen LogP contribution in [0.3, 0.4) is 0 Å². The van der Waals surface area contributed by atoms with Crippen molar-refractivity contribution in [3.05, 3.63) is 51.9 Å². The molecule has 1 aromatic heterocycles. The van der Waals surface area contributed by atoms with Crippen molar-refractivity contribution in [2.75, 3.05) is 12.4 Å². The average molecular weight is 339 g/mol. The molecular weight excluding hydrogens is 327 g/mol. The van der Waals surface area contributed by atoms with Crippen molar-refractivity contribution in [3.8, 4) is 5.75 Å². The number of aryl methyl sites for hydroxylation is 1. The van der Waals surface area contributed by atoms with Gasteiger partial charge in [0.25, 0.3) is 5.91 Å². The topological polar surface area (TPSA) is 51.2 Å². The molecule has 2 aromatic rings. The lowest BCUT2D eigenvalue weighted by atomic mass is 10.2. The Morgan fingerprint density at radius 1 is 1.40 bits per heavy atom. The van der Waals surface area contributed by atoms with Gasteiger partial charge in [0.05, 0.1) is 7.11 Å². The number of aromatic nitrogens is 1. The lowest BCUT2D eigenvalue weighted by Crippen LogP contribution is -2.14. The van der Waals surface area contributed by atoms with Crippen molar-refractivity contribution in [2.24, 2.45) is 0 Å². The maximum Gasteiger partial charge on any atom is 0.256 e. The summed E-state index contributed by atoms with van der Waals surface area (Å²) in [6.07, 6.45) is 1.59. The summed E-state index contributed by atoms with van der Waals surface area (Å²) in [7, 11) is 1.35. The van der Waals surface area contributed by atoms with Gasteiger partial charge in [-0.25, -0.2) is 9.37 Å². The second kappa shape index (κ2) is 6.00. The van der Waals surface area contributed by atoms with Crippen LogP contribution in [0.5, 0.6) is 5.75 Å². The fourth-order valence-corrected chi connectivity index (χ4v) is 2.10. The predicted octanol–water partition coefficient (Wildman–Crippen LogP) is 3.55. The molecule has 2 rings (SSSR count). The van der Waals surface area contributed by atoms with Crippen molar-refractivity contribution in [1.29, 1.82) is 0 Å². The molecular formula is C14H12BrFN2O2. The zero-order chi connectivity index (χ0) is 14.7. The van der Waals surface area contributed by atoms with Crippen molar-refractivity contribution in [3.63, 3.8) is 0 Å². The number of benzene rings is 1. The van der Waals surface area contributed by atoms with Gasteiger partial charge in [0.2, 0.25) is 0 Å². The monoisotopic (exact) mass is 338 g/mol. The largest absolute Gasteiger partial charge is 0.494 e. The van der Waals surface area contributed by atoms with Gasteiger partial charge in [0.1, 0.15) is 5.82 Å². The highest BCUT2D eigenvalue weighted by Gasteiger charge is 2.12. The first-order valence-corrected chi connectivity index (χ1v) is 6.57. The van der Waals surface area contributed by atoms with Crippen LogP contribution in [0, 0.1) is 12.7 Å². The Bertz CT molecular complexity index is 662. The molecule has 0 radical (unpaired) electrons. The third kappa shape index (κ3) is 3.14. The van der Waals surface area contributed by atoms with Gasteiger partial charge in [0, 0.05) is 16.2 Å². The van der Waals surface area contributed by atoms with Gasteiger partial charge in [0.15, 0.2) is 11.6 Å². The van der Waals surface area contributed by atoms with Gasteiger partial charge < -0.3 is 10.1 Å². The Kier molecular flexibility index (Phi) is 4.34. The van der Waals surface area contributed by atoms with Crippen molar-refractivity contribution in [2.45, 2.75) is 6.92 Å². The Morgan fingerprint density at radius 3 is 2.80 bits per heavy atom. The van der Waals surface area contributed by atoms with Crippen LogP contribution in [0.2, 0.25) is 0 Å². The van der Waals surface area contributed by atoms with Crippen LogP contribution in [0.25, 0.3) is 0 Å². The van der Waals surface area contributed by atoms with Gasteiger partial charge in [-0.05, 0) is 52.7 Å². The average Bonchev–Trinajstić information content (AvgIpc) is 2.42. The molecule has 20 heavy (non-hydrogen) atoms. The number of ether oxygens (including phenoxy) is 1. The van der Waals surface area contributed by atoms with Gasteiger partial charge in [-0.3, -0.25) is 4.79 Å². The van der Waals surface area contributed by atoms with Crippen molar-refractivity contribution < 1.29 is 13.9 Å². The summed E-state index contributed by atoms with van der Waals surface area (Å²) in [5, 5.41) is 2.68. The minimum Gasteiger partial charge on any atom is -0.494 e. The highest BCUT2D eigenvalue weighted by Crippen LogP contribution is 2.20. The maximum absolute atomic E-state index is 13.3. The number of hydrogen-bond donors (Lipinski definition) is 1. The molecule has 0 spiro atoms. The first kappa shape index (κ1) is 14.5. The van der Waals surface area contributed by atoms with E-state index >= 15 is 0 Å². The van der Waals surface area contributed by atoms with E-state index in [-0.39, 0.29) is 11.7 Å². The summed E-state index contributed by atoms with van der Waals surface area (Å²) in [4.78, 5) is 16.2. The molecule has 1 heterocycles. The quantitative estimate of drug-likeness (QED) is 0.930. The van der Waals surface area contributed by atoms with Crippen LogP contribution in [0.1, 0.15) is 15.9 Å². The molecule has 1 amide bonds. The van der Waals surface area contributed by atoms with Gasteiger partial charge in [-0.15, -0.1) is 0 Å². The van der Waals surface area contributed by atoms with Gasteiger partial charge in [-0.2, -0.15) is 0 Å². The predicted molar refractivity (Wildman–Crippen MR) is 77.6 cm³/mol. The Labute approximate surface area is 124 Å². The Hall–Kier alpha value is -1.95. The molecule has 1 aromatic carbocycles. The third-order valence-corrected chi connectivity index (χ3v) is 3.12. The number of nitrogens with zero attached hydrogens (tertiary/aromatic N) is 1. The van der Waals surface area contributed by atoms with Crippen LogP contribution in [0.15, 0.2) is 34.9 Å². The second-order valence-corrected chi connectivity index (χ2v) is 5.04. The highest BCUT2D eigenvalue weighted by molar-refractivity contribution is 9.10. The number of pyridine rings is 1. The lowest BCUT2D eigenvalue weighted by Gasteiger charge is -2.09. The summed E-state index contributed by atoms with van der Waals surface area (Å²) < 4.78 is 19.0. The van der Waals surface area contributed by atoms with E-state index in [1.807, 2.05) is 13.0 Å². The number of methoxy groups -OCH3 is 1. The smallest absolute Gasteiger partial charge is 0.256 e. The van der Waals surface area contributed by atoms with Crippen molar-refractivity contribution in [1.82, 2.24) is 4.98 Å². The van der Waals surface area contributed by atoms with Crippen molar-refractivity contribution >= 4 is 27.7 Å². The number of carbonyl (C=O) groups excluding carboxylic acids is 1. The number of nitrogens with one attached hydrogen (secondary N) is 1. The molecule has 0 atom stereocenters. The summed E-state index contributed by atoms with van der Waals surface area (Å²) in [5.74, 6) is -0.400. The fraction of sp³-hybridized carbons (Fsp3) is 0.143. The normalized spacial score (nSPS) is 10.2. The Morgan fingerprint density at radius 2 is 2.15 bits per heavy atom. The first-order valence-electron chi connectivity index (χ1n) is 5.78. The van der Waals surface area contributed by atoms with E-state index in [4.69, 9.17) is 4.74 Å². The first-order chi connectivity index (χ1) is 9.51. The van der Waals surface area contributed by atoms with Gasteiger partial charge >= 0.3 is 0 Å². The number of carbonyl (C=O) groups is 1. The number of anilines is 1. The zero-order valence-electron chi connectivity index (χ0n) is 10.9. The standard InChI is InChI=1S/C14H12BrFN2O2/c1-8-5-10(15)7-17-13(8)18-14(19)9-3-4-11(16)12(6-9)20-2/h3-7H,1-2H3,(H,17,18,19). The molecule has 0 bridgehead atoms. The third-order valence-electron chi connectivity index (χ3n) is 2.69. The van der Waals surface area contributed by atoms with E-state index in [0.29, 0.717) is 11.4 Å². The van der Waals surface area contributed by atoms with E-state index in [2.05, 4.69) is 26.2 Å². The maximum atomic E-state index is 13.3. The van der Waals surface area contributed by atoms with Crippen LogP contribution in [-0.4, -0.2) is 18.0 Å². The molecule has 104 valence electrons. The number of hydrogen-bond acceptors (Lipinski definition) is 3. The molecule has 0 saturated heterocycles. The molecule has 1 N–H and O–H groups in total. The number of amides is 1. The van der Waals surface area contributed by atoms with Crippen LogP contribution in [0.4, 0.5) is 10.2 Å². The molecule has 0 unspecified atom stereocenters. The summed E-state index contributed by atoms with van der Waals surface area (Å²) in [5.41, 5.74) is 1.12. The highest BCUT2D eigenvalue weighted by atomic mass is 79.9. The lowest BCUT2D eigenvalue weighted by molar-refractivity contribution is 0.102. The van der Waals surface area contributed by atoms with E-state index in [1.165, 1.54) is 25.3 Å². The number of halogens is 2. The summed E-state index contributed by atoms with van der Waals surface area (Å²) >= 11 is 3.30. The fourth-order valence-electron chi connectivity index (χ4n) is 1.65. The van der Waals surface area contributed by atoms with E-state index in [1.54, 1.807) is 6.20 Å². The van der Waals surface area contributed by atoms with Gasteiger partial charge in [-0.1, -0.05) is 0 Å². The minimum atomic E-state index is -0.512. The molecule has 0 fully saturated rings.